The molecule has 0 bridgehead atoms. The van der Waals surface area contributed by atoms with E-state index in [0.29, 0.717) is 5.56 Å². The number of anilines is 1. The van der Waals surface area contributed by atoms with Crippen LogP contribution < -0.4 is 5.32 Å². The number of nitrogens with zero attached hydrogens (tertiary/aromatic N) is 3. The Morgan fingerprint density at radius 2 is 1.74 bits per heavy atom. The zero-order valence-electron chi connectivity index (χ0n) is 15.6. The molecule has 1 N–H and O–H groups in total. The van der Waals surface area contributed by atoms with E-state index in [4.69, 9.17) is 23.2 Å². The molecule has 0 fully saturated rings. The maximum atomic E-state index is 13.7. The summed E-state index contributed by atoms with van der Waals surface area (Å²) in [5, 5.41) is 2.82. The lowest BCUT2D eigenvalue weighted by molar-refractivity contribution is -0.146. The third-order valence-electron chi connectivity index (χ3n) is 4.53. The maximum absolute atomic E-state index is 13.7. The summed E-state index contributed by atoms with van der Waals surface area (Å²) in [5.74, 6) is -1.73. The molecular weight excluding hydrogens is 452 g/mol. The van der Waals surface area contributed by atoms with E-state index in [9.17, 15) is 18.0 Å². The van der Waals surface area contributed by atoms with Gasteiger partial charge >= 0.3 is 6.18 Å². The van der Waals surface area contributed by atoms with Crippen molar-refractivity contribution >= 4 is 45.8 Å². The zero-order valence-corrected chi connectivity index (χ0v) is 17.1. The first kappa shape index (κ1) is 21.1. The molecule has 2 heterocycles. The predicted molar refractivity (Wildman–Crippen MR) is 112 cm³/mol. The Morgan fingerprint density at radius 1 is 1.03 bits per heavy atom. The van der Waals surface area contributed by atoms with Crippen molar-refractivity contribution in [1.82, 2.24) is 14.5 Å². The van der Waals surface area contributed by atoms with Gasteiger partial charge in [-0.05, 0) is 35.9 Å². The molecule has 2 aromatic carbocycles. The average Bonchev–Trinajstić information content (AvgIpc) is 3.09. The van der Waals surface area contributed by atoms with Gasteiger partial charge < -0.3 is 9.88 Å². The minimum atomic E-state index is -4.70. The smallest absolute Gasteiger partial charge is 0.320 e. The van der Waals surface area contributed by atoms with Crippen LogP contribution in [0.4, 0.5) is 18.9 Å². The summed E-state index contributed by atoms with van der Waals surface area (Å²) < 4.78 is 42.2. The van der Waals surface area contributed by atoms with Crippen LogP contribution in [0.15, 0.2) is 60.9 Å². The van der Waals surface area contributed by atoms with Crippen LogP contribution in [0.1, 0.15) is 21.7 Å². The van der Waals surface area contributed by atoms with Crippen molar-refractivity contribution in [2.75, 3.05) is 5.32 Å². The molecule has 1 amide bonds. The molecule has 4 aromatic rings. The van der Waals surface area contributed by atoms with Crippen molar-refractivity contribution in [1.29, 1.82) is 0 Å². The van der Waals surface area contributed by atoms with E-state index in [2.05, 4.69) is 15.3 Å². The van der Waals surface area contributed by atoms with E-state index in [1.54, 1.807) is 18.2 Å². The fraction of sp³-hybridized carbons (Fsp3) is 0.0952. The highest BCUT2D eigenvalue weighted by molar-refractivity contribution is 6.40. The van der Waals surface area contributed by atoms with Gasteiger partial charge in [0.15, 0.2) is 0 Å². The number of benzene rings is 2. The molecule has 31 heavy (non-hydrogen) atoms. The summed E-state index contributed by atoms with van der Waals surface area (Å²) in [6.45, 7) is -0.0904. The number of rotatable bonds is 4. The predicted octanol–water partition coefficient (Wildman–Crippen LogP) is 6.06. The summed E-state index contributed by atoms with van der Waals surface area (Å²) in [6.07, 6.45) is -1.68. The molecule has 5 nitrogen and oxygen atoms in total. The van der Waals surface area contributed by atoms with Gasteiger partial charge in [0.1, 0.15) is 5.52 Å². The quantitative estimate of drug-likeness (QED) is 0.399. The Labute approximate surface area is 184 Å². The Bertz CT molecular complexity index is 1250. The van der Waals surface area contributed by atoms with Crippen molar-refractivity contribution < 1.29 is 18.0 Å². The van der Waals surface area contributed by atoms with Crippen LogP contribution in [-0.2, 0) is 12.7 Å². The third-order valence-corrected chi connectivity index (χ3v) is 5.16. The number of imidazole rings is 1. The molecule has 0 spiro atoms. The first-order valence-electron chi connectivity index (χ1n) is 8.96. The number of alkyl halides is 3. The van der Waals surface area contributed by atoms with Gasteiger partial charge in [0.05, 0.1) is 33.4 Å². The topological polar surface area (TPSA) is 59.8 Å². The lowest BCUT2D eigenvalue weighted by atomic mass is 10.2. The second-order valence-corrected chi connectivity index (χ2v) is 7.42. The van der Waals surface area contributed by atoms with E-state index in [1.807, 2.05) is 0 Å². The average molecular weight is 465 g/mol. The van der Waals surface area contributed by atoms with Crippen molar-refractivity contribution in [3.63, 3.8) is 0 Å². The number of carbonyl (C=O) groups is 1. The van der Waals surface area contributed by atoms with Crippen LogP contribution in [0.2, 0.25) is 10.0 Å². The highest BCUT2D eigenvalue weighted by atomic mass is 35.5. The largest absolute Gasteiger partial charge is 0.449 e. The summed E-state index contributed by atoms with van der Waals surface area (Å²) in [7, 11) is 0. The van der Waals surface area contributed by atoms with Gasteiger partial charge in [-0.15, -0.1) is 0 Å². The van der Waals surface area contributed by atoms with Gasteiger partial charge in [0, 0.05) is 12.4 Å². The summed E-state index contributed by atoms with van der Waals surface area (Å²) in [4.78, 5) is 20.5. The zero-order chi connectivity index (χ0) is 22.2. The molecule has 0 atom stereocenters. The monoisotopic (exact) mass is 464 g/mol. The lowest BCUT2D eigenvalue weighted by Gasteiger charge is -2.11. The van der Waals surface area contributed by atoms with Gasteiger partial charge in [0.25, 0.3) is 5.91 Å². The number of fused-ring (bicyclic) bond motifs is 1. The molecule has 0 unspecified atom stereocenters. The number of nitrogens with one attached hydrogen (secondary N) is 1. The number of amides is 1. The molecular formula is C21H13Cl2F3N4O. The van der Waals surface area contributed by atoms with Crippen LogP contribution in [0.25, 0.3) is 11.0 Å². The molecule has 0 saturated carbocycles. The molecule has 158 valence electrons. The van der Waals surface area contributed by atoms with Gasteiger partial charge in [-0.25, -0.2) is 4.98 Å². The fourth-order valence-electron chi connectivity index (χ4n) is 3.20. The van der Waals surface area contributed by atoms with Crippen molar-refractivity contribution in [3.05, 3.63) is 87.9 Å². The molecule has 2 aromatic heterocycles. The van der Waals surface area contributed by atoms with E-state index >= 15 is 0 Å². The number of para-hydroxylation sites is 1. The number of pyridine rings is 1. The lowest BCUT2D eigenvalue weighted by Crippen LogP contribution is -2.15. The molecule has 0 aliphatic heterocycles. The molecule has 0 aliphatic rings. The number of hydrogen-bond donors (Lipinski definition) is 1. The second kappa shape index (κ2) is 8.20. The Balaban J connectivity index is 1.80. The number of hydrogen-bond acceptors (Lipinski definition) is 3. The van der Waals surface area contributed by atoms with Gasteiger partial charge in [0.2, 0.25) is 5.82 Å². The van der Waals surface area contributed by atoms with E-state index in [0.717, 1.165) is 4.57 Å². The van der Waals surface area contributed by atoms with Crippen LogP contribution >= 0.6 is 23.2 Å². The second-order valence-electron chi connectivity index (χ2n) is 6.60. The first-order valence-corrected chi connectivity index (χ1v) is 9.72. The first-order chi connectivity index (χ1) is 14.8. The van der Waals surface area contributed by atoms with E-state index in [1.165, 1.54) is 42.7 Å². The van der Waals surface area contributed by atoms with Gasteiger partial charge in [-0.3, -0.25) is 9.78 Å². The van der Waals surface area contributed by atoms with E-state index < -0.39 is 17.9 Å². The van der Waals surface area contributed by atoms with Crippen LogP contribution in [0.3, 0.4) is 0 Å². The van der Waals surface area contributed by atoms with Crippen LogP contribution in [-0.4, -0.2) is 20.4 Å². The minimum Gasteiger partial charge on any atom is -0.320 e. The molecule has 4 rings (SSSR count). The third kappa shape index (κ3) is 4.22. The summed E-state index contributed by atoms with van der Waals surface area (Å²) in [5.41, 5.74) is 0.904. The van der Waals surface area contributed by atoms with E-state index in [-0.39, 0.29) is 38.9 Å². The van der Waals surface area contributed by atoms with Gasteiger partial charge in [-0.2, -0.15) is 13.2 Å². The SMILES string of the molecule is O=C(Nc1cccc2c1nc(C(F)(F)F)n2Cc1cccnc1)c1c(Cl)cccc1Cl. The molecule has 0 saturated heterocycles. The van der Waals surface area contributed by atoms with Crippen molar-refractivity contribution in [2.24, 2.45) is 0 Å². The Kier molecular flexibility index (Phi) is 5.60. The standard InChI is InChI=1S/C21H13Cl2F3N4O/c22-13-5-1-6-14(23)17(13)19(31)28-15-7-2-8-16-18(15)29-20(21(24,25)26)30(16)11-12-4-3-9-27-10-12/h1-10H,11H2,(H,28,31). The number of carbonyl (C=O) groups excluding carboxylic acids is 1. The summed E-state index contributed by atoms with van der Waals surface area (Å²) in [6, 6.07) is 12.4. The Hall–Kier alpha value is -3.10. The fourth-order valence-corrected chi connectivity index (χ4v) is 3.77. The normalized spacial score (nSPS) is 11.6. The van der Waals surface area contributed by atoms with Crippen molar-refractivity contribution in [3.8, 4) is 0 Å². The molecule has 0 radical (unpaired) electrons. The van der Waals surface area contributed by atoms with Crippen molar-refractivity contribution in [2.45, 2.75) is 12.7 Å². The van der Waals surface area contributed by atoms with Gasteiger partial charge in [-0.1, -0.05) is 41.4 Å². The number of halogens is 5. The maximum Gasteiger partial charge on any atom is 0.449 e. The van der Waals surface area contributed by atoms with Crippen LogP contribution in [0, 0.1) is 0 Å². The Morgan fingerprint density at radius 3 is 2.39 bits per heavy atom. The summed E-state index contributed by atoms with van der Waals surface area (Å²) >= 11 is 12.1. The minimum absolute atomic E-state index is 0.00441. The number of aromatic nitrogens is 3. The van der Waals surface area contributed by atoms with Crippen LogP contribution in [0.5, 0.6) is 0 Å². The molecule has 10 heteroatoms. The highest BCUT2D eigenvalue weighted by Gasteiger charge is 2.38. The molecule has 0 aliphatic carbocycles. The highest BCUT2D eigenvalue weighted by Crippen LogP contribution is 2.35.